The third kappa shape index (κ3) is 4.63. The van der Waals surface area contributed by atoms with Crippen molar-refractivity contribution in [1.82, 2.24) is 9.97 Å². The maximum Gasteiger partial charge on any atom is 0.234 e. The van der Waals surface area contributed by atoms with Gasteiger partial charge in [0.25, 0.3) is 0 Å². The summed E-state index contributed by atoms with van der Waals surface area (Å²) in [4.78, 5) is 10.9. The maximum absolute atomic E-state index is 5.62. The van der Waals surface area contributed by atoms with Crippen molar-refractivity contribution in [1.29, 1.82) is 0 Å². The average Bonchev–Trinajstić information content (AvgIpc) is 2.46. The Morgan fingerprint density at radius 1 is 1.45 bits per heavy atom. The molecule has 0 spiro atoms. The molecule has 5 heteroatoms. The van der Waals surface area contributed by atoms with Crippen LogP contribution in [0, 0.1) is 11.8 Å². The Bertz CT molecular complexity index is 406. The van der Waals surface area contributed by atoms with Crippen molar-refractivity contribution in [3.63, 3.8) is 0 Å². The molecule has 112 valence electrons. The molecule has 1 unspecified atom stereocenters. The minimum Gasteiger partial charge on any atom is -0.476 e. The van der Waals surface area contributed by atoms with Crippen LogP contribution in [0.2, 0.25) is 0 Å². The second-order valence-electron chi connectivity index (χ2n) is 5.88. The number of nitrogens with zero attached hydrogens (tertiary/aromatic N) is 3. The van der Waals surface area contributed by atoms with E-state index in [9.17, 15) is 0 Å². The first-order valence-corrected chi connectivity index (χ1v) is 7.39. The molecule has 2 heterocycles. The molecule has 1 aliphatic heterocycles. The number of hydrogen-bond acceptors (Lipinski definition) is 5. The number of hydrogen-bond donors (Lipinski definition) is 0. The van der Waals surface area contributed by atoms with Gasteiger partial charge in [-0.2, -0.15) is 4.98 Å². The summed E-state index contributed by atoms with van der Waals surface area (Å²) in [7, 11) is 2.05. The Balaban J connectivity index is 1.91. The lowest BCUT2D eigenvalue weighted by Gasteiger charge is -2.27. The molecular weight excluding hydrogens is 254 g/mol. The van der Waals surface area contributed by atoms with Crippen molar-refractivity contribution in [3.8, 4) is 5.88 Å². The first-order valence-electron chi connectivity index (χ1n) is 7.39. The van der Waals surface area contributed by atoms with Gasteiger partial charge < -0.3 is 14.4 Å². The molecule has 2 rings (SSSR count). The Morgan fingerprint density at radius 3 is 3.00 bits per heavy atom. The summed E-state index contributed by atoms with van der Waals surface area (Å²) >= 11 is 0. The first kappa shape index (κ1) is 15.0. The molecule has 0 bridgehead atoms. The Labute approximate surface area is 121 Å². The van der Waals surface area contributed by atoms with Crippen LogP contribution < -0.4 is 9.64 Å². The molecule has 5 nitrogen and oxygen atoms in total. The molecule has 1 aromatic rings. The fourth-order valence-electron chi connectivity index (χ4n) is 2.28. The number of aromatic nitrogens is 2. The molecule has 0 saturated carbocycles. The van der Waals surface area contributed by atoms with Crippen molar-refractivity contribution in [3.05, 3.63) is 12.4 Å². The Morgan fingerprint density at radius 2 is 2.30 bits per heavy atom. The number of ether oxygens (including phenoxy) is 2. The van der Waals surface area contributed by atoms with Crippen molar-refractivity contribution in [2.24, 2.45) is 11.8 Å². The minimum atomic E-state index is 0.484. The lowest BCUT2D eigenvalue weighted by Crippen LogP contribution is -2.31. The zero-order valence-corrected chi connectivity index (χ0v) is 12.7. The lowest BCUT2D eigenvalue weighted by atomic mass is 10.0. The smallest absolute Gasteiger partial charge is 0.234 e. The van der Waals surface area contributed by atoms with Gasteiger partial charge in [-0.25, -0.2) is 0 Å². The molecule has 20 heavy (non-hydrogen) atoms. The molecule has 0 amide bonds. The summed E-state index contributed by atoms with van der Waals surface area (Å²) in [5.41, 5.74) is 0. The number of rotatable bonds is 6. The van der Waals surface area contributed by atoms with Gasteiger partial charge in [-0.05, 0) is 24.7 Å². The summed E-state index contributed by atoms with van der Waals surface area (Å²) in [5.74, 6) is 2.52. The normalized spacial score (nSPS) is 19.1. The van der Waals surface area contributed by atoms with Crippen molar-refractivity contribution < 1.29 is 9.47 Å². The molecule has 1 aliphatic rings. The van der Waals surface area contributed by atoms with Gasteiger partial charge in [0.2, 0.25) is 5.88 Å². The van der Waals surface area contributed by atoms with Gasteiger partial charge in [-0.1, -0.05) is 13.8 Å². The van der Waals surface area contributed by atoms with Gasteiger partial charge in [0.15, 0.2) is 5.82 Å². The van der Waals surface area contributed by atoms with Gasteiger partial charge in [0.1, 0.15) is 0 Å². The zero-order valence-electron chi connectivity index (χ0n) is 12.7. The molecule has 1 saturated heterocycles. The van der Waals surface area contributed by atoms with Crippen LogP contribution in [0.4, 0.5) is 5.82 Å². The highest BCUT2D eigenvalue weighted by molar-refractivity contribution is 5.36. The average molecular weight is 279 g/mol. The highest BCUT2D eigenvalue weighted by Crippen LogP contribution is 2.18. The van der Waals surface area contributed by atoms with Crippen LogP contribution in [0.5, 0.6) is 5.88 Å². The van der Waals surface area contributed by atoms with E-state index in [1.165, 1.54) is 6.42 Å². The largest absolute Gasteiger partial charge is 0.476 e. The van der Waals surface area contributed by atoms with Crippen molar-refractivity contribution >= 4 is 5.82 Å². The third-order valence-corrected chi connectivity index (χ3v) is 3.34. The van der Waals surface area contributed by atoms with Crippen LogP contribution in [0.3, 0.4) is 0 Å². The predicted molar refractivity (Wildman–Crippen MR) is 79.2 cm³/mol. The molecule has 0 aliphatic carbocycles. The number of anilines is 1. The molecule has 1 atom stereocenters. The van der Waals surface area contributed by atoms with Crippen LogP contribution in [-0.4, -0.2) is 43.4 Å². The van der Waals surface area contributed by atoms with Gasteiger partial charge in [-0.3, -0.25) is 4.98 Å². The van der Waals surface area contributed by atoms with Gasteiger partial charge in [-0.15, -0.1) is 0 Å². The lowest BCUT2D eigenvalue weighted by molar-refractivity contribution is 0.0576. The molecule has 1 fully saturated rings. The van der Waals surface area contributed by atoms with Crippen LogP contribution >= 0.6 is 0 Å². The molecule has 0 radical (unpaired) electrons. The van der Waals surface area contributed by atoms with E-state index >= 15 is 0 Å². The maximum atomic E-state index is 5.62. The van der Waals surface area contributed by atoms with Gasteiger partial charge >= 0.3 is 0 Å². The summed E-state index contributed by atoms with van der Waals surface area (Å²) < 4.78 is 11.1. The van der Waals surface area contributed by atoms with E-state index in [0.717, 1.165) is 32.0 Å². The topological polar surface area (TPSA) is 47.5 Å². The quantitative estimate of drug-likeness (QED) is 0.800. The standard InChI is InChI=1S/C15H25N3O2/c1-12(2)10-20-15-8-16-7-14(17-15)18(3)9-13-5-4-6-19-11-13/h7-8,12-13H,4-6,9-11H2,1-3H3. The van der Waals surface area contributed by atoms with E-state index in [-0.39, 0.29) is 0 Å². The first-order chi connectivity index (χ1) is 9.65. The minimum absolute atomic E-state index is 0.484. The molecular formula is C15H25N3O2. The van der Waals surface area contributed by atoms with Crippen LogP contribution in [-0.2, 0) is 4.74 Å². The second-order valence-corrected chi connectivity index (χ2v) is 5.88. The summed E-state index contributed by atoms with van der Waals surface area (Å²) in [6.45, 7) is 7.60. The van der Waals surface area contributed by atoms with Crippen molar-refractivity contribution in [2.45, 2.75) is 26.7 Å². The highest BCUT2D eigenvalue weighted by Gasteiger charge is 2.17. The van der Waals surface area contributed by atoms with Gasteiger partial charge in [0.05, 0.1) is 25.6 Å². The zero-order chi connectivity index (χ0) is 14.4. The fourth-order valence-corrected chi connectivity index (χ4v) is 2.28. The highest BCUT2D eigenvalue weighted by atomic mass is 16.5. The summed E-state index contributed by atoms with van der Waals surface area (Å²) in [6.07, 6.45) is 5.83. The van der Waals surface area contributed by atoms with Crippen LogP contribution in [0.25, 0.3) is 0 Å². The third-order valence-electron chi connectivity index (χ3n) is 3.34. The Kier molecular flexibility index (Phi) is 5.59. The van der Waals surface area contributed by atoms with E-state index in [0.29, 0.717) is 24.3 Å². The summed E-state index contributed by atoms with van der Waals surface area (Å²) in [5, 5.41) is 0. The Hall–Kier alpha value is -1.36. The van der Waals surface area contributed by atoms with Gasteiger partial charge in [0, 0.05) is 20.2 Å². The van der Waals surface area contributed by atoms with Crippen LogP contribution in [0.1, 0.15) is 26.7 Å². The van der Waals surface area contributed by atoms with E-state index in [4.69, 9.17) is 9.47 Å². The predicted octanol–water partition coefficient (Wildman–Crippen LogP) is 2.37. The van der Waals surface area contributed by atoms with Crippen molar-refractivity contribution in [2.75, 3.05) is 38.3 Å². The van der Waals surface area contributed by atoms with E-state index in [1.807, 2.05) is 7.05 Å². The summed E-state index contributed by atoms with van der Waals surface area (Å²) in [6, 6.07) is 0. The van der Waals surface area contributed by atoms with E-state index in [1.54, 1.807) is 12.4 Å². The molecule has 0 N–H and O–H groups in total. The van der Waals surface area contributed by atoms with E-state index in [2.05, 4.69) is 28.7 Å². The monoisotopic (exact) mass is 279 g/mol. The SMILES string of the molecule is CC(C)COc1cncc(N(C)CC2CCCOC2)n1. The molecule has 0 aromatic carbocycles. The fraction of sp³-hybridized carbons (Fsp3) is 0.733. The second kappa shape index (κ2) is 7.43. The van der Waals surface area contributed by atoms with Crippen LogP contribution in [0.15, 0.2) is 12.4 Å². The molecule has 1 aromatic heterocycles. The van der Waals surface area contributed by atoms with E-state index < -0.39 is 0 Å².